The molecule has 0 radical (unpaired) electrons. The molecule has 0 aliphatic rings. The highest BCUT2D eigenvalue weighted by molar-refractivity contribution is 6.30. The number of esters is 2. The molecule has 0 saturated carbocycles. The van der Waals surface area contributed by atoms with Gasteiger partial charge in [0.05, 0.1) is 19.1 Å². The Morgan fingerprint density at radius 3 is 2.08 bits per heavy atom. The number of methoxy groups -OCH3 is 2. The minimum Gasteiger partial charge on any atom is -0.465 e. The molecule has 9 heteroatoms. The molecule has 0 bridgehead atoms. The van der Waals surface area contributed by atoms with Crippen molar-refractivity contribution in [2.45, 2.75) is 0 Å². The van der Waals surface area contributed by atoms with E-state index in [1.165, 1.54) is 12.1 Å². The van der Waals surface area contributed by atoms with E-state index >= 15 is 0 Å². The Balaban J connectivity index is 2.61. The first-order chi connectivity index (χ1) is 11.9. The lowest BCUT2D eigenvalue weighted by atomic mass is 10.1. The fourth-order valence-corrected chi connectivity index (χ4v) is 2.10. The Morgan fingerprint density at radius 1 is 1.00 bits per heavy atom. The molecule has 0 atom stereocenters. The second-order valence-corrected chi connectivity index (χ2v) is 5.10. The summed E-state index contributed by atoms with van der Waals surface area (Å²) >= 11 is 5.79. The number of rotatable bonds is 5. The monoisotopic (exact) mass is 365 g/mol. The largest absolute Gasteiger partial charge is 0.465 e. The smallest absolute Gasteiger partial charge is 0.345 e. The molecule has 0 aromatic heterocycles. The lowest BCUT2D eigenvalue weighted by Gasteiger charge is -2.12. The molecule has 130 valence electrons. The maximum atomic E-state index is 11.9. The molecule has 2 aromatic carbocycles. The van der Waals surface area contributed by atoms with Crippen LogP contribution in [0.2, 0.25) is 5.02 Å². The van der Waals surface area contributed by atoms with E-state index in [2.05, 4.69) is 9.47 Å². The highest BCUT2D eigenvalue weighted by atomic mass is 35.5. The maximum absolute atomic E-state index is 11.9. The zero-order valence-corrected chi connectivity index (χ0v) is 13.9. The van der Waals surface area contributed by atoms with Crippen molar-refractivity contribution < 1.29 is 28.7 Å². The summed E-state index contributed by atoms with van der Waals surface area (Å²) in [6.07, 6.45) is 0. The van der Waals surface area contributed by atoms with E-state index < -0.39 is 22.5 Å². The van der Waals surface area contributed by atoms with Crippen LogP contribution in [0.25, 0.3) is 0 Å². The number of nitro groups is 1. The third kappa shape index (κ3) is 4.04. The molecule has 0 unspecified atom stereocenters. The minimum atomic E-state index is -0.941. The van der Waals surface area contributed by atoms with Crippen LogP contribution in [0.5, 0.6) is 11.5 Å². The lowest BCUT2D eigenvalue weighted by molar-refractivity contribution is -0.385. The summed E-state index contributed by atoms with van der Waals surface area (Å²) in [5.74, 6) is -1.59. The molecule has 0 N–H and O–H groups in total. The standard InChI is InChI=1S/C16H12ClNO7/c1-23-15(19)11-8-14(25-10-5-3-9(17)4-6-10)12(16(20)24-2)7-13(11)18(21)22/h3-8H,1-2H3. The molecule has 8 nitrogen and oxygen atoms in total. The van der Waals surface area contributed by atoms with Crippen LogP contribution in [0.15, 0.2) is 36.4 Å². The van der Waals surface area contributed by atoms with Gasteiger partial charge in [0.25, 0.3) is 5.69 Å². The van der Waals surface area contributed by atoms with Crippen LogP contribution >= 0.6 is 11.6 Å². The van der Waals surface area contributed by atoms with Gasteiger partial charge in [0, 0.05) is 17.2 Å². The quantitative estimate of drug-likeness (QED) is 0.452. The predicted molar refractivity (Wildman–Crippen MR) is 87.3 cm³/mol. The Bertz CT molecular complexity index is 833. The van der Waals surface area contributed by atoms with Crippen LogP contribution in [0.4, 0.5) is 5.69 Å². The average molecular weight is 366 g/mol. The van der Waals surface area contributed by atoms with Gasteiger partial charge < -0.3 is 14.2 Å². The third-order valence-electron chi connectivity index (χ3n) is 3.15. The first-order valence-electron chi connectivity index (χ1n) is 6.80. The van der Waals surface area contributed by atoms with Crippen LogP contribution < -0.4 is 4.74 Å². The van der Waals surface area contributed by atoms with Gasteiger partial charge in [-0.3, -0.25) is 10.1 Å². The van der Waals surface area contributed by atoms with Crippen molar-refractivity contribution in [3.63, 3.8) is 0 Å². The summed E-state index contributed by atoms with van der Waals surface area (Å²) in [6.45, 7) is 0. The minimum absolute atomic E-state index is 0.0971. The molecule has 0 heterocycles. The molecular formula is C16H12ClNO7. The van der Waals surface area contributed by atoms with E-state index in [1.54, 1.807) is 12.1 Å². The SMILES string of the molecule is COC(=O)c1cc([N+](=O)[O-])c(C(=O)OC)cc1Oc1ccc(Cl)cc1. The Kier molecular flexibility index (Phi) is 5.56. The number of benzene rings is 2. The molecule has 0 fully saturated rings. The zero-order valence-electron chi connectivity index (χ0n) is 13.1. The van der Waals surface area contributed by atoms with Crippen molar-refractivity contribution in [2.75, 3.05) is 14.2 Å². The molecule has 0 spiro atoms. The van der Waals surface area contributed by atoms with E-state index in [-0.39, 0.29) is 16.9 Å². The molecule has 0 amide bonds. The van der Waals surface area contributed by atoms with Gasteiger partial charge in [-0.15, -0.1) is 0 Å². The third-order valence-corrected chi connectivity index (χ3v) is 3.40. The van der Waals surface area contributed by atoms with E-state index in [0.29, 0.717) is 10.8 Å². The van der Waals surface area contributed by atoms with Crippen LogP contribution in [-0.2, 0) is 9.47 Å². The molecule has 0 aliphatic carbocycles. The summed E-state index contributed by atoms with van der Waals surface area (Å²) in [7, 11) is 2.20. The van der Waals surface area contributed by atoms with Crippen molar-refractivity contribution in [2.24, 2.45) is 0 Å². The Hall–Kier alpha value is -3.13. The van der Waals surface area contributed by atoms with E-state index in [1.807, 2.05) is 0 Å². The number of carbonyl (C=O) groups is 2. The molecule has 0 aliphatic heterocycles. The maximum Gasteiger partial charge on any atom is 0.345 e. The zero-order chi connectivity index (χ0) is 18.6. The lowest BCUT2D eigenvalue weighted by Crippen LogP contribution is -2.10. The molecule has 0 saturated heterocycles. The van der Waals surface area contributed by atoms with Crippen molar-refractivity contribution in [1.82, 2.24) is 0 Å². The Morgan fingerprint density at radius 2 is 1.56 bits per heavy atom. The van der Waals surface area contributed by atoms with E-state index in [0.717, 1.165) is 26.4 Å². The van der Waals surface area contributed by atoms with Gasteiger partial charge in [-0.25, -0.2) is 9.59 Å². The molecule has 2 aromatic rings. The van der Waals surface area contributed by atoms with E-state index in [9.17, 15) is 19.7 Å². The van der Waals surface area contributed by atoms with Crippen LogP contribution in [0.1, 0.15) is 20.7 Å². The Labute approximate surface area is 147 Å². The highest BCUT2D eigenvalue weighted by Gasteiger charge is 2.28. The summed E-state index contributed by atoms with van der Waals surface area (Å²) in [4.78, 5) is 34.2. The number of hydrogen-bond donors (Lipinski definition) is 0. The topological polar surface area (TPSA) is 105 Å². The van der Waals surface area contributed by atoms with Gasteiger partial charge in [0.1, 0.15) is 22.6 Å². The van der Waals surface area contributed by atoms with Crippen molar-refractivity contribution >= 4 is 29.2 Å². The number of hydrogen-bond acceptors (Lipinski definition) is 7. The number of carbonyl (C=O) groups excluding carboxylic acids is 2. The fraction of sp³-hybridized carbons (Fsp3) is 0.125. The number of nitro benzene ring substituents is 1. The predicted octanol–water partition coefficient (Wildman–Crippen LogP) is 3.61. The fourth-order valence-electron chi connectivity index (χ4n) is 1.98. The summed E-state index contributed by atoms with van der Waals surface area (Å²) in [5, 5.41) is 11.7. The summed E-state index contributed by atoms with van der Waals surface area (Å²) < 4.78 is 14.7. The highest BCUT2D eigenvalue weighted by Crippen LogP contribution is 2.33. The van der Waals surface area contributed by atoms with E-state index in [4.69, 9.17) is 16.3 Å². The number of ether oxygens (including phenoxy) is 3. The first kappa shape index (κ1) is 18.2. The molecular weight excluding hydrogens is 354 g/mol. The average Bonchev–Trinajstić information content (AvgIpc) is 2.61. The van der Waals surface area contributed by atoms with Crippen molar-refractivity contribution in [3.05, 3.63) is 62.7 Å². The van der Waals surface area contributed by atoms with Gasteiger partial charge in [-0.05, 0) is 24.3 Å². The molecule has 25 heavy (non-hydrogen) atoms. The summed E-state index contributed by atoms with van der Waals surface area (Å²) in [6, 6.07) is 8.14. The number of nitrogens with zero attached hydrogens (tertiary/aromatic N) is 1. The van der Waals surface area contributed by atoms with Gasteiger partial charge in [0.2, 0.25) is 0 Å². The normalized spacial score (nSPS) is 10.0. The van der Waals surface area contributed by atoms with Crippen LogP contribution in [0.3, 0.4) is 0 Å². The molecule has 2 rings (SSSR count). The van der Waals surface area contributed by atoms with Crippen LogP contribution in [-0.4, -0.2) is 31.1 Å². The number of halogens is 1. The van der Waals surface area contributed by atoms with Crippen molar-refractivity contribution in [3.8, 4) is 11.5 Å². The van der Waals surface area contributed by atoms with Gasteiger partial charge >= 0.3 is 11.9 Å². The second kappa shape index (κ2) is 7.63. The van der Waals surface area contributed by atoms with Crippen molar-refractivity contribution in [1.29, 1.82) is 0 Å². The second-order valence-electron chi connectivity index (χ2n) is 4.66. The van der Waals surface area contributed by atoms with Gasteiger partial charge in [-0.1, -0.05) is 11.6 Å². The first-order valence-corrected chi connectivity index (χ1v) is 7.17. The van der Waals surface area contributed by atoms with Gasteiger partial charge in [0.15, 0.2) is 0 Å². The van der Waals surface area contributed by atoms with Crippen LogP contribution in [0, 0.1) is 10.1 Å². The van der Waals surface area contributed by atoms with Gasteiger partial charge in [-0.2, -0.15) is 0 Å². The summed E-state index contributed by atoms with van der Waals surface area (Å²) in [5.41, 5.74) is -1.17.